The summed E-state index contributed by atoms with van der Waals surface area (Å²) in [6.07, 6.45) is 3.78. The number of rotatable bonds is 9. The Morgan fingerprint density at radius 3 is 2.11 bits per heavy atom. The number of hydrogen-bond donors (Lipinski definition) is 2. The van der Waals surface area contributed by atoms with Crippen LogP contribution in [0.3, 0.4) is 0 Å². The highest BCUT2D eigenvalue weighted by Gasteiger charge is 2.57. The van der Waals surface area contributed by atoms with Crippen molar-refractivity contribution in [1.82, 2.24) is 10.2 Å². The van der Waals surface area contributed by atoms with E-state index in [-0.39, 0.29) is 17.7 Å². The highest BCUT2D eigenvalue weighted by Crippen LogP contribution is 2.52. The maximum atomic E-state index is 13.4. The lowest BCUT2D eigenvalue weighted by molar-refractivity contribution is -0.147. The molecule has 2 aromatic carbocycles. The number of carbonyl (C=O) groups is 2. The van der Waals surface area contributed by atoms with Crippen LogP contribution in [0.1, 0.15) is 41.6 Å². The Labute approximate surface area is 217 Å². The topological polar surface area (TPSA) is 97.3 Å². The van der Waals surface area contributed by atoms with Gasteiger partial charge in [-0.1, -0.05) is 43.2 Å². The van der Waals surface area contributed by atoms with E-state index in [1.165, 1.54) is 21.3 Å². The molecular formula is C29H36N2O6. The Morgan fingerprint density at radius 1 is 0.973 bits per heavy atom. The molecule has 1 aliphatic heterocycles. The summed E-state index contributed by atoms with van der Waals surface area (Å²) in [5.41, 5.74) is -0.348. The van der Waals surface area contributed by atoms with E-state index in [0.717, 1.165) is 25.7 Å². The van der Waals surface area contributed by atoms with Gasteiger partial charge in [-0.25, -0.2) is 0 Å². The van der Waals surface area contributed by atoms with Gasteiger partial charge in [0.2, 0.25) is 5.75 Å². The van der Waals surface area contributed by atoms with Crippen LogP contribution in [0, 0.1) is 23.7 Å². The molecule has 0 aromatic heterocycles. The van der Waals surface area contributed by atoms with Crippen LogP contribution in [0.25, 0.3) is 0 Å². The highest BCUT2D eigenvalue weighted by atomic mass is 16.5. The second-order valence-electron chi connectivity index (χ2n) is 10.4. The SMILES string of the molecule is COc1cc(C(=O)N2C[C@@H]3C(CNC(=O)C(O)(c4ccccc4)C4CCCC4)[C@@H]3C2)cc(OC)c1OC. The minimum absolute atomic E-state index is 0.0693. The van der Waals surface area contributed by atoms with Crippen molar-refractivity contribution in [3.05, 3.63) is 53.6 Å². The van der Waals surface area contributed by atoms with Crippen LogP contribution in [-0.2, 0) is 10.4 Å². The van der Waals surface area contributed by atoms with E-state index >= 15 is 0 Å². The summed E-state index contributed by atoms with van der Waals surface area (Å²) in [6, 6.07) is 12.7. The standard InChI is InChI=1S/C29H36N2O6/c1-35-24-13-18(14-25(36-2)26(24)37-3)27(32)31-16-22-21(23(22)17-31)15-30-28(33)29(34,20-11-7-8-12-20)19-9-5-4-6-10-19/h4-6,9-10,13-14,20-23,34H,7-8,11-12,15-17H2,1-3H3,(H,30,33)/t21?,22-,23+,29?. The summed E-state index contributed by atoms with van der Waals surface area (Å²) in [7, 11) is 4.59. The van der Waals surface area contributed by atoms with Gasteiger partial charge >= 0.3 is 0 Å². The summed E-state index contributed by atoms with van der Waals surface area (Å²) >= 11 is 0. The van der Waals surface area contributed by atoms with Gasteiger partial charge in [-0.2, -0.15) is 0 Å². The molecule has 5 rings (SSSR count). The zero-order valence-electron chi connectivity index (χ0n) is 21.7. The fourth-order valence-electron chi connectivity index (χ4n) is 6.44. The molecular weight excluding hydrogens is 472 g/mol. The van der Waals surface area contributed by atoms with Gasteiger partial charge in [-0.05, 0) is 48.3 Å². The third kappa shape index (κ3) is 4.52. The van der Waals surface area contributed by atoms with Crippen LogP contribution in [-0.4, -0.2) is 62.8 Å². The van der Waals surface area contributed by atoms with Gasteiger partial charge in [0.1, 0.15) is 0 Å². The fourth-order valence-corrected chi connectivity index (χ4v) is 6.44. The average molecular weight is 509 g/mol. The molecule has 4 atom stereocenters. The van der Waals surface area contributed by atoms with Crippen molar-refractivity contribution in [1.29, 1.82) is 0 Å². The minimum Gasteiger partial charge on any atom is -0.493 e. The molecule has 2 aromatic rings. The number of methoxy groups -OCH3 is 3. The predicted octanol–water partition coefficient (Wildman–Crippen LogP) is 3.22. The summed E-state index contributed by atoms with van der Waals surface area (Å²) in [5.74, 6) is 1.91. The van der Waals surface area contributed by atoms with Crippen molar-refractivity contribution < 1.29 is 28.9 Å². The molecule has 2 unspecified atom stereocenters. The van der Waals surface area contributed by atoms with E-state index in [0.29, 0.717) is 65.8 Å². The first-order valence-electron chi connectivity index (χ1n) is 13.1. The molecule has 0 bridgehead atoms. The third-order valence-electron chi connectivity index (χ3n) is 8.57. The number of likely N-dealkylation sites (tertiary alicyclic amines) is 1. The van der Waals surface area contributed by atoms with Crippen LogP contribution >= 0.6 is 0 Å². The van der Waals surface area contributed by atoms with E-state index in [1.807, 2.05) is 35.2 Å². The summed E-state index contributed by atoms with van der Waals surface area (Å²) < 4.78 is 16.1. The first kappa shape index (κ1) is 25.4. The van der Waals surface area contributed by atoms with E-state index in [1.54, 1.807) is 12.1 Å². The smallest absolute Gasteiger partial charge is 0.256 e. The van der Waals surface area contributed by atoms with Gasteiger partial charge in [0.25, 0.3) is 11.8 Å². The van der Waals surface area contributed by atoms with Crippen LogP contribution in [0.2, 0.25) is 0 Å². The molecule has 37 heavy (non-hydrogen) atoms. The number of amides is 2. The number of nitrogens with one attached hydrogen (secondary N) is 1. The molecule has 0 radical (unpaired) electrons. The zero-order valence-corrected chi connectivity index (χ0v) is 21.7. The number of benzene rings is 2. The maximum absolute atomic E-state index is 13.4. The van der Waals surface area contributed by atoms with Gasteiger partial charge in [-0.3, -0.25) is 9.59 Å². The van der Waals surface area contributed by atoms with E-state index < -0.39 is 5.60 Å². The lowest BCUT2D eigenvalue weighted by Crippen LogP contribution is -2.49. The molecule has 8 heteroatoms. The molecule has 2 N–H and O–H groups in total. The van der Waals surface area contributed by atoms with Crippen LogP contribution < -0.4 is 19.5 Å². The van der Waals surface area contributed by atoms with Crippen molar-refractivity contribution in [2.75, 3.05) is 41.0 Å². The van der Waals surface area contributed by atoms with Gasteiger partial charge in [0.15, 0.2) is 17.1 Å². The van der Waals surface area contributed by atoms with Crippen molar-refractivity contribution in [3.63, 3.8) is 0 Å². The van der Waals surface area contributed by atoms with E-state index in [2.05, 4.69) is 5.32 Å². The molecule has 2 amide bonds. The van der Waals surface area contributed by atoms with Gasteiger partial charge in [0, 0.05) is 31.1 Å². The second-order valence-corrected chi connectivity index (χ2v) is 10.4. The van der Waals surface area contributed by atoms with Crippen LogP contribution in [0.5, 0.6) is 17.2 Å². The first-order chi connectivity index (χ1) is 17.9. The molecule has 1 heterocycles. The lowest BCUT2D eigenvalue weighted by atomic mass is 9.79. The number of aliphatic hydroxyl groups is 1. The molecule has 3 aliphatic rings. The van der Waals surface area contributed by atoms with Gasteiger partial charge in [0.05, 0.1) is 21.3 Å². The maximum Gasteiger partial charge on any atom is 0.256 e. The van der Waals surface area contributed by atoms with Gasteiger partial charge in [-0.15, -0.1) is 0 Å². The fraction of sp³-hybridized carbons (Fsp3) is 0.517. The number of hydrogen-bond acceptors (Lipinski definition) is 6. The Bertz CT molecular complexity index is 1110. The molecule has 2 aliphatic carbocycles. The largest absolute Gasteiger partial charge is 0.493 e. The minimum atomic E-state index is -1.50. The molecule has 1 saturated heterocycles. The molecule has 3 fully saturated rings. The first-order valence-corrected chi connectivity index (χ1v) is 13.1. The predicted molar refractivity (Wildman–Crippen MR) is 138 cm³/mol. The highest BCUT2D eigenvalue weighted by molar-refractivity contribution is 5.96. The molecule has 198 valence electrons. The summed E-state index contributed by atoms with van der Waals surface area (Å²) in [5, 5.41) is 14.7. The third-order valence-corrected chi connectivity index (χ3v) is 8.57. The monoisotopic (exact) mass is 508 g/mol. The summed E-state index contributed by atoms with van der Waals surface area (Å²) in [6.45, 7) is 1.81. The molecule has 8 nitrogen and oxygen atoms in total. The quantitative estimate of drug-likeness (QED) is 0.540. The number of ether oxygens (including phenoxy) is 3. The lowest BCUT2D eigenvalue weighted by Gasteiger charge is -2.33. The Kier molecular flexibility index (Phi) is 7.03. The Balaban J connectivity index is 1.20. The van der Waals surface area contributed by atoms with Crippen molar-refractivity contribution >= 4 is 11.8 Å². The number of piperidine rings is 1. The number of fused-ring (bicyclic) bond motifs is 1. The Morgan fingerprint density at radius 2 is 1.57 bits per heavy atom. The average Bonchev–Trinajstić information content (AvgIpc) is 3.33. The molecule has 0 spiro atoms. The van der Waals surface area contributed by atoms with E-state index in [4.69, 9.17) is 14.2 Å². The van der Waals surface area contributed by atoms with Crippen molar-refractivity contribution in [3.8, 4) is 17.2 Å². The normalized spacial score (nSPS) is 24.2. The van der Waals surface area contributed by atoms with Crippen molar-refractivity contribution in [2.45, 2.75) is 31.3 Å². The number of nitrogens with zero attached hydrogens (tertiary/aromatic N) is 1. The van der Waals surface area contributed by atoms with E-state index in [9.17, 15) is 14.7 Å². The molecule has 2 saturated carbocycles. The summed E-state index contributed by atoms with van der Waals surface area (Å²) in [4.78, 5) is 28.5. The van der Waals surface area contributed by atoms with Crippen LogP contribution in [0.4, 0.5) is 0 Å². The second kappa shape index (κ2) is 10.2. The number of carbonyl (C=O) groups excluding carboxylic acids is 2. The van der Waals surface area contributed by atoms with Crippen LogP contribution in [0.15, 0.2) is 42.5 Å². The Hall–Kier alpha value is -3.26. The van der Waals surface area contributed by atoms with Gasteiger partial charge < -0.3 is 29.5 Å². The van der Waals surface area contributed by atoms with Crippen molar-refractivity contribution in [2.24, 2.45) is 23.7 Å². The zero-order chi connectivity index (χ0) is 26.2.